The van der Waals surface area contributed by atoms with E-state index in [4.69, 9.17) is 5.73 Å². The molecular formula is C11H13F5N2O. The first kappa shape index (κ1) is 15.5. The van der Waals surface area contributed by atoms with Crippen LogP contribution in [0.5, 0.6) is 0 Å². The summed E-state index contributed by atoms with van der Waals surface area (Å²) in [6.07, 6.45) is -7.14. The number of halogens is 5. The van der Waals surface area contributed by atoms with Crippen molar-refractivity contribution in [3.63, 3.8) is 0 Å². The van der Waals surface area contributed by atoms with Crippen molar-refractivity contribution in [2.75, 3.05) is 30.8 Å². The van der Waals surface area contributed by atoms with Gasteiger partial charge in [-0.1, -0.05) is 0 Å². The van der Waals surface area contributed by atoms with Gasteiger partial charge in [-0.05, 0) is 18.2 Å². The van der Waals surface area contributed by atoms with Crippen LogP contribution in [0.3, 0.4) is 0 Å². The molecule has 8 heteroatoms. The lowest BCUT2D eigenvalue weighted by atomic mass is 10.1. The molecule has 0 bridgehead atoms. The normalized spacial score (nSPS) is 11.9. The summed E-state index contributed by atoms with van der Waals surface area (Å²) in [6, 6.07) is 3.31. The number of nitrogen functional groups attached to an aromatic ring is 1. The summed E-state index contributed by atoms with van der Waals surface area (Å²) in [5, 5.41) is 2.48. The highest BCUT2D eigenvalue weighted by Crippen LogP contribution is 2.35. The molecule has 19 heavy (non-hydrogen) atoms. The average Bonchev–Trinajstić information content (AvgIpc) is 2.28. The molecule has 0 saturated carbocycles. The zero-order chi connectivity index (χ0) is 14.5. The fourth-order valence-electron chi connectivity index (χ4n) is 1.38. The number of hydrogen-bond donors (Lipinski definition) is 2. The molecule has 0 aliphatic heterocycles. The average molecular weight is 284 g/mol. The van der Waals surface area contributed by atoms with Crippen LogP contribution in [0.25, 0.3) is 0 Å². The molecule has 0 fully saturated rings. The van der Waals surface area contributed by atoms with Gasteiger partial charge in [0.05, 0.1) is 12.2 Å². The van der Waals surface area contributed by atoms with Gasteiger partial charge >= 0.3 is 6.18 Å². The van der Waals surface area contributed by atoms with E-state index >= 15 is 0 Å². The highest BCUT2D eigenvalue weighted by atomic mass is 19.4. The van der Waals surface area contributed by atoms with Gasteiger partial charge in [-0.2, -0.15) is 13.2 Å². The largest absolute Gasteiger partial charge is 0.418 e. The third-order valence-corrected chi connectivity index (χ3v) is 2.15. The maximum atomic E-state index is 12.7. The van der Waals surface area contributed by atoms with Crippen LogP contribution in [0.2, 0.25) is 0 Å². The molecule has 1 aromatic rings. The van der Waals surface area contributed by atoms with Crippen molar-refractivity contribution in [1.82, 2.24) is 0 Å². The summed E-state index contributed by atoms with van der Waals surface area (Å²) in [4.78, 5) is 0. The summed E-state index contributed by atoms with van der Waals surface area (Å²) >= 11 is 0. The van der Waals surface area contributed by atoms with Crippen LogP contribution in [-0.4, -0.2) is 26.2 Å². The minimum Gasteiger partial charge on any atom is -0.399 e. The zero-order valence-electron chi connectivity index (χ0n) is 9.81. The van der Waals surface area contributed by atoms with E-state index in [0.29, 0.717) is 0 Å². The molecule has 0 atom stereocenters. The smallest absolute Gasteiger partial charge is 0.399 e. The number of hydrogen-bond acceptors (Lipinski definition) is 3. The second kappa shape index (κ2) is 6.55. The third-order valence-electron chi connectivity index (χ3n) is 2.15. The molecule has 0 aliphatic carbocycles. The van der Waals surface area contributed by atoms with Gasteiger partial charge in [0, 0.05) is 17.9 Å². The summed E-state index contributed by atoms with van der Waals surface area (Å²) in [5.41, 5.74) is 4.22. The Hall–Kier alpha value is -1.57. The Morgan fingerprint density at radius 3 is 2.53 bits per heavy atom. The number of rotatable bonds is 6. The molecule has 0 aliphatic rings. The lowest BCUT2D eigenvalue weighted by Gasteiger charge is -2.15. The van der Waals surface area contributed by atoms with Gasteiger partial charge < -0.3 is 15.8 Å². The number of nitrogens with one attached hydrogen (secondary N) is 1. The van der Waals surface area contributed by atoms with E-state index in [0.717, 1.165) is 6.07 Å². The van der Waals surface area contributed by atoms with Crippen molar-refractivity contribution in [3.05, 3.63) is 23.8 Å². The van der Waals surface area contributed by atoms with Crippen LogP contribution in [0.15, 0.2) is 18.2 Å². The standard InChI is InChI=1S/C11H13F5N2O/c12-10(13)6-19-4-3-18-9-2-1-7(17)5-8(9)11(14,15)16/h1-2,5,10,18H,3-4,6,17H2. The Morgan fingerprint density at radius 1 is 1.26 bits per heavy atom. The molecule has 0 saturated heterocycles. The molecule has 1 rings (SSSR count). The van der Waals surface area contributed by atoms with Crippen LogP contribution in [-0.2, 0) is 10.9 Å². The molecule has 108 valence electrons. The van der Waals surface area contributed by atoms with Crippen LogP contribution in [0.4, 0.5) is 33.3 Å². The second-order valence-electron chi connectivity index (χ2n) is 3.70. The molecule has 0 radical (unpaired) electrons. The zero-order valence-corrected chi connectivity index (χ0v) is 9.81. The first-order valence-corrected chi connectivity index (χ1v) is 5.37. The Labute approximate surface area is 106 Å². The highest BCUT2D eigenvalue weighted by molar-refractivity contribution is 5.59. The molecule has 0 amide bonds. The summed E-state index contributed by atoms with van der Waals surface area (Å²) < 4.78 is 66.1. The predicted molar refractivity (Wildman–Crippen MR) is 61.2 cm³/mol. The van der Waals surface area contributed by atoms with Crippen LogP contribution in [0, 0.1) is 0 Å². The molecule has 0 spiro atoms. The molecule has 1 aromatic carbocycles. The molecule has 0 unspecified atom stereocenters. The monoisotopic (exact) mass is 284 g/mol. The first-order chi connectivity index (χ1) is 8.80. The minimum absolute atomic E-state index is 0.00757. The summed E-state index contributed by atoms with van der Waals surface area (Å²) in [7, 11) is 0. The van der Waals surface area contributed by atoms with E-state index in [1.54, 1.807) is 0 Å². The van der Waals surface area contributed by atoms with Gasteiger partial charge in [-0.25, -0.2) is 8.78 Å². The molecule has 0 heterocycles. The van der Waals surface area contributed by atoms with Gasteiger partial charge in [-0.15, -0.1) is 0 Å². The number of alkyl halides is 5. The van der Waals surface area contributed by atoms with Crippen LogP contribution in [0.1, 0.15) is 5.56 Å². The Morgan fingerprint density at radius 2 is 1.95 bits per heavy atom. The highest BCUT2D eigenvalue weighted by Gasteiger charge is 2.33. The molecular weight excluding hydrogens is 271 g/mol. The van der Waals surface area contributed by atoms with Gasteiger partial charge in [0.15, 0.2) is 0 Å². The van der Waals surface area contributed by atoms with Crippen molar-refractivity contribution in [3.8, 4) is 0 Å². The molecule has 3 N–H and O–H groups in total. The Bertz CT molecular complexity index is 409. The van der Waals surface area contributed by atoms with Crippen LogP contribution < -0.4 is 11.1 Å². The van der Waals surface area contributed by atoms with E-state index in [9.17, 15) is 22.0 Å². The van der Waals surface area contributed by atoms with Crippen molar-refractivity contribution < 1.29 is 26.7 Å². The topological polar surface area (TPSA) is 47.3 Å². The molecule has 3 nitrogen and oxygen atoms in total. The fourth-order valence-corrected chi connectivity index (χ4v) is 1.38. The number of benzene rings is 1. The van der Waals surface area contributed by atoms with Gasteiger partial charge in [-0.3, -0.25) is 0 Å². The van der Waals surface area contributed by atoms with Gasteiger partial charge in [0.2, 0.25) is 0 Å². The fraction of sp³-hybridized carbons (Fsp3) is 0.455. The lowest BCUT2D eigenvalue weighted by molar-refractivity contribution is -0.136. The Balaban J connectivity index is 2.58. The van der Waals surface area contributed by atoms with Crippen LogP contribution >= 0.6 is 0 Å². The lowest BCUT2D eigenvalue weighted by Crippen LogP contribution is -2.16. The summed E-state index contributed by atoms with van der Waals surface area (Å²) in [6.45, 7) is -0.874. The second-order valence-corrected chi connectivity index (χ2v) is 3.70. The maximum Gasteiger partial charge on any atom is 0.418 e. The first-order valence-electron chi connectivity index (χ1n) is 5.37. The Kier molecular flexibility index (Phi) is 5.34. The van der Waals surface area contributed by atoms with E-state index in [2.05, 4.69) is 10.1 Å². The van der Waals surface area contributed by atoms with E-state index in [-0.39, 0.29) is 24.5 Å². The van der Waals surface area contributed by atoms with Crippen molar-refractivity contribution in [2.45, 2.75) is 12.6 Å². The van der Waals surface area contributed by atoms with Crippen molar-refractivity contribution in [2.24, 2.45) is 0 Å². The SMILES string of the molecule is Nc1ccc(NCCOCC(F)F)c(C(F)(F)F)c1. The minimum atomic E-state index is -4.54. The quantitative estimate of drug-likeness (QED) is 0.479. The van der Waals surface area contributed by atoms with Gasteiger partial charge in [0.25, 0.3) is 6.43 Å². The number of anilines is 2. The summed E-state index contributed by atoms with van der Waals surface area (Å²) in [5.74, 6) is 0. The predicted octanol–water partition coefficient (Wildman–Crippen LogP) is 2.98. The van der Waals surface area contributed by atoms with E-state index in [1.807, 2.05) is 0 Å². The van der Waals surface area contributed by atoms with E-state index < -0.39 is 24.8 Å². The third kappa shape index (κ3) is 5.29. The van der Waals surface area contributed by atoms with Crippen molar-refractivity contribution >= 4 is 11.4 Å². The van der Waals surface area contributed by atoms with Crippen molar-refractivity contribution in [1.29, 1.82) is 0 Å². The maximum absolute atomic E-state index is 12.7. The number of nitrogens with two attached hydrogens (primary N) is 1. The van der Waals surface area contributed by atoms with E-state index in [1.165, 1.54) is 12.1 Å². The number of ether oxygens (including phenoxy) is 1. The molecule has 0 aromatic heterocycles. The van der Waals surface area contributed by atoms with Gasteiger partial charge in [0.1, 0.15) is 6.61 Å².